The number of nitrogens with zero attached hydrogens (tertiary/aromatic N) is 1. The highest BCUT2D eigenvalue weighted by Gasteiger charge is 2.34. The van der Waals surface area contributed by atoms with Crippen LogP contribution in [0.15, 0.2) is 11.4 Å². The van der Waals surface area contributed by atoms with Crippen LogP contribution in [0.3, 0.4) is 0 Å². The number of alkyl halides is 3. The number of nitriles is 1. The molecule has 0 aliphatic rings. The van der Waals surface area contributed by atoms with Crippen molar-refractivity contribution in [2.75, 3.05) is 0 Å². The molecule has 1 heterocycles. The molecule has 1 nitrogen and oxygen atoms in total. The molecule has 0 spiro atoms. The minimum atomic E-state index is -4.39. The summed E-state index contributed by atoms with van der Waals surface area (Å²) in [5.41, 5.74) is -0.303. The quantitative estimate of drug-likeness (QED) is 0.597. The number of hydrogen-bond acceptors (Lipinski definition) is 2. The Morgan fingerprint density at radius 1 is 1.45 bits per heavy atom. The highest BCUT2D eigenvalue weighted by Crippen LogP contribution is 2.35. The van der Waals surface area contributed by atoms with Gasteiger partial charge in [-0.1, -0.05) is 0 Å². The van der Waals surface area contributed by atoms with Crippen molar-refractivity contribution in [1.29, 1.82) is 5.26 Å². The predicted molar refractivity (Wildman–Crippen MR) is 34.0 cm³/mol. The Kier molecular flexibility index (Phi) is 1.87. The van der Waals surface area contributed by atoms with E-state index < -0.39 is 11.1 Å². The van der Waals surface area contributed by atoms with Gasteiger partial charge in [0, 0.05) is 0 Å². The van der Waals surface area contributed by atoms with Crippen LogP contribution in [0.25, 0.3) is 0 Å². The summed E-state index contributed by atoms with van der Waals surface area (Å²) in [5, 5.41) is 9.48. The van der Waals surface area contributed by atoms with Crippen LogP contribution < -0.4 is 0 Å². The molecular formula is C6H2F3NS. The summed E-state index contributed by atoms with van der Waals surface area (Å²) in [4.78, 5) is -0.819. The van der Waals surface area contributed by atoms with Crippen molar-refractivity contribution in [3.63, 3.8) is 0 Å². The van der Waals surface area contributed by atoms with E-state index in [0.717, 1.165) is 6.07 Å². The number of hydrogen-bond donors (Lipinski definition) is 0. The number of halogens is 3. The van der Waals surface area contributed by atoms with Gasteiger partial charge in [0.15, 0.2) is 0 Å². The van der Waals surface area contributed by atoms with Crippen molar-refractivity contribution in [3.05, 3.63) is 21.9 Å². The second kappa shape index (κ2) is 2.55. The molecule has 0 aliphatic carbocycles. The first kappa shape index (κ1) is 8.08. The van der Waals surface area contributed by atoms with Crippen molar-refractivity contribution in [2.45, 2.75) is 6.18 Å². The molecule has 0 fully saturated rings. The molecule has 0 amide bonds. The fourth-order valence-corrected chi connectivity index (χ4v) is 1.33. The third-order valence-corrected chi connectivity index (χ3v) is 2.00. The highest BCUT2D eigenvalue weighted by atomic mass is 32.1. The number of thiophene rings is 1. The van der Waals surface area contributed by atoms with Gasteiger partial charge in [0.05, 0.1) is 5.56 Å². The van der Waals surface area contributed by atoms with Crippen LogP contribution in [0, 0.1) is 11.3 Å². The van der Waals surface area contributed by atoms with E-state index >= 15 is 0 Å². The fraction of sp³-hybridized carbons (Fsp3) is 0.167. The topological polar surface area (TPSA) is 23.8 Å². The second-order valence-electron chi connectivity index (χ2n) is 1.77. The summed E-state index contributed by atoms with van der Waals surface area (Å²) in [6.45, 7) is 0. The van der Waals surface area contributed by atoms with Gasteiger partial charge in [-0.2, -0.15) is 18.4 Å². The zero-order chi connectivity index (χ0) is 8.48. The zero-order valence-electron chi connectivity index (χ0n) is 5.14. The van der Waals surface area contributed by atoms with E-state index in [2.05, 4.69) is 0 Å². The molecule has 0 atom stereocenters. The standard InChI is InChI=1S/C6H2F3NS/c7-6(8,9)5-4(3-10)1-2-11-5/h1-2H. The van der Waals surface area contributed by atoms with Crippen molar-refractivity contribution < 1.29 is 13.2 Å². The normalized spacial score (nSPS) is 11.1. The van der Waals surface area contributed by atoms with Gasteiger partial charge in [-0.05, 0) is 11.4 Å². The molecule has 11 heavy (non-hydrogen) atoms. The third-order valence-electron chi connectivity index (χ3n) is 1.04. The van der Waals surface area contributed by atoms with Gasteiger partial charge in [-0.25, -0.2) is 0 Å². The SMILES string of the molecule is N#Cc1ccsc1C(F)(F)F. The first-order valence-corrected chi connectivity index (χ1v) is 3.48. The second-order valence-corrected chi connectivity index (χ2v) is 2.69. The Hall–Kier alpha value is -1.02. The van der Waals surface area contributed by atoms with Crippen LogP contribution in [0.2, 0.25) is 0 Å². The van der Waals surface area contributed by atoms with Crippen LogP contribution >= 0.6 is 11.3 Å². The van der Waals surface area contributed by atoms with Gasteiger partial charge in [0.2, 0.25) is 0 Å². The Bertz CT molecular complexity index is 294. The summed E-state index contributed by atoms with van der Waals surface area (Å²) >= 11 is 0.534. The van der Waals surface area contributed by atoms with E-state index in [1.807, 2.05) is 0 Å². The average Bonchev–Trinajstić information content (AvgIpc) is 2.31. The molecule has 5 heteroatoms. The summed E-state index contributed by atoms with van der Waals surface area (Å²) in [6.07, 6.45) is -4.39. The van der Waals surface area contributed by atoms with Crippen LogP contribution in [-0.4, -0.2) is 0 Å². The molecule has 0 unspecified atom stereocenters. The summed E-state index contributed by atoms with van der Waals surface area (Å²) in [7, 11) is 0. The molecule has 0 N–H and O–H groups in total. The number of rotatable bonds is 0. The van der Waals surface area contributed by atoms with E-state index in [4.69, 9.17) is 5.26 Å². The molecule has 0 saturated carbocycles. The maximum Gasteiger partial charge on any atom is 0.426 e. The molecule has 0 aliphatic heterocycles. The summed E-state index contributed by atoms with van der Waals surface area (Å²) in [5.74, 6) is 0. The molecule has 1 aromatic heterocycles. The van der Waals surface area contributed by atoms with Crippen LogP contribution in [-0.2, 0) is 6.18 Å². The maximum absolute atomic E-state index is 11.9. The largest absolute Gasteiger partial charge is 0.426 e. The van der Waals surface area contributed by atoms with Crippen molar-refractivity contribution in [1.82, 2.24) is 0 Å². The molecular weight excluding hydrogens is 175 g/mol. The van der Waals surface area contributed by atoms with E-state index in [9.17, 15) is 13.2 Å². The first-order valence-electron chi connectivity index (χ1n) is 2.60. The highest BCUT2D eigenvalue weighted by molar-refractivity contribution is 7.10. The molecule has 0 bridgehead atoms. The van der Waals surface area contributed by atoms with Gasteiger partial charge in [0.25, 0.3) is 0 Å². The summed E-state index contributed by atoms with van der Waals surface area (Å²) < 4.78 is 35.8. The van der Waals surface area contributed by atoms with E-state index in [0.29, 0.717) is 11.3 Å². The molecule has 0 radical (unpaired) electrons. The van der Waals surface area contributed by atoms with Gasteiger partial charge in [-0.3, -0.25) is 0 Å². The lowest BCUT2D eigenvalue weighted by molar-refractivity contribution is -0.134. The van der Waals surface area contributed by atoms with Crippen LogP contribution in [0.4, 0.5) is 13.2 Å². The van der Waals surface area contributed by atoms with Crippen LogP contribution in [0.5, 0.6) is 0 Å². The predicted octanol–water partition coefficient (Wildman–Crippen LogP) is 2.64. The minimum absolute atomic E-state index is 0.303. The molecule has 0 saturated heterocycles. The van der Waals surface area contributed by atoms with Gasteiger partial charge >= 0.3 is 6.18 Å². The smallest absolute Gasteiger partial charge is 0.192 e. The third kappa shape index (κ3) is 1.52. The molecule has 58 valence electrons. The lowest BCUT2D eigenvalue weighted by atomic mass is 10.3. The van der Waals surface area contributed by atoms with E-state index in [1.54, 1.807) is 0 Å². The van der Waals surface area contributed by atoms with Gasteiger partial charge < -0.3 is 0 Å². The molecule has 0 aromatic carbocycles. The monoisotopic (exact) mass is 177 g/mol. The van der Waals surface area contributed by atoms with E-state index in [1.165, 1.54) is 11.4 Å². The summed E-state index contributed by atoms with van der Waals surface area (Å²) in [6, 6.07) is 2.63. The van der Waals surface area contributed by atoms with Gasteiger partial charge in [0.1, 0.15) is 10.9 Å². The Labute approximate surface area is 64.7 Å². The Balaban J connectivity index is 3.15. The van der Waals surface area contributed by atoms with Crippen molar-refractivity contribution in [2.24, 2.45) is 0 Å². The lowest BCUT2D eigenvalue weighted by Gasteiger charge is -2.01. The van der Waals surface area contributed by atoms with E-state index in [-0.39, 0.29) is 5.56 Å². The maximum atomic E-state index is 11.9. The lowest BCUT2D eigenvalue weighted by Crippen LogP contribution is -2.03. The fourth-order valence-electron chi connectivity index (χ4n) is 0.617. The average molecular weight is 177 g/mol. The molecule has 1 aromatic rings. The Morgan fingerprint density at radius 2 is 2.09 bits per heavy atom. The van der Waals surface area contributed by atoms with Crippen molar-refractivity contribution in [3.8, 4) is 6.07 Å². The minimum Gasteiger partial charge on any atom is -0.192 e. The van der Waals surface area contributed by atoms with Crippen molar-refractivity contribution >= 4 is 11.3 Å². The van der Waals surface area contributed by atoms with Crippen LogP contribution in [0.1, 0.15) is 10.4 Å². The zero-order valence-corrected chi connectivity index (χ0v) is 5.96. The Morgan fingerprint density at radius 3 is 2.45 bits per heavy atom. The first-order chi connectivity index (χ1) is 5.05. The molecule has 1 rings (SSSR count). The van der Waals surface area contributed by atoms with Gasteiger partial charge in [-0.15, -0.1) is 11.3 Å².